The lowest BCUT2D eigenvalue weighted by Crippen LogP contribution is -2.09. The van der Waals surface area contributed by atoms with Gasteiger partial charge in [0.2, 0.25) is 0 Å². The van der Waals surface area contributed by atoms with Gasteiger partial charge >= 0.3 is 5.97 Å². The van der Waals surface area contributed by atoms with Crippen molar-refractivity contribution in [1.82, 2.24) is 25.2 Å². The normalized spacial score (nSPS) is 12.2. The first-order chi connectivity index (χ1) is 12.2. The Labute approximate surface area is 146 Å². The maximum absolute atomic E-state index is 12.5. The van der Waals surface area contributed by atoms with Gasteiger partial charge in [0, 0.05) is 0 Å². The first-order valence-corrected chi connectivity index (χ1v) is 8.42. The van der Waals surface area contributed by atoms with Crippen LogP contribution in [-0.2, 0) is 4.74 Å². The molecule has 0 saturated heterocycles. The number of hydrogen-bond donors (Lipinski definition) is 0. The summed E-state index contributed by atoms with van der Waals surface area (Å²) in [5.41, 5.74) is 2.03. The van der Waals surface area contributed by atoms with Crippen LogP contribution in [0.2, 0.25) is 0 Å². The largest absolute Gasteiger partial charge is 0.452 e. The first kappa shape index (κ1) is 15.4. The second kappa shape index (κ2) is 6.40. The van der Waals surface area contributed by atoms with Gasteiger partial charge in [0.25, 0.3) is 0 Å². The molecule has 0 radical (unpaired) electrons. The molecule has 0 fully saturated rings. The standard InChI is InChI=1S/C17H13N5O2S/c1-11(16-19-14-7-2-3-8-15(14)25-16)24-17(23)12-5-4-6-13(9-12)22-10-18-20-21-22/h2-11H,1H3/t11-/m1/s1. The Balaban J connectivity index is 1.54. The number of ether oxygens (including phenoxy) is 1. The number of aromatic nitrogens is 5. The van der Waals surface area contributed by atoms with Crippen molar-refractivity contribution in [3.63, 3.8) is 0 Å². The number of fused-ring (bicyclic) bond motifs is 1. The molecule has 0 aliphatic rings. The lowest BCUT2D eigenvalue weighted by molar-refractivity contribution is 0.0337. The minimum Gasteiger partial charge on any atom is -0.452 e. The fourth-order valence-electron chi connectivity index (χ4n) is 2.40. The smallest absolute Gasteiger partial charge is 0.338 e. The van der Waals surface area contributed by atoms with Crippen LogP contribution in [0, 0.1) is 0 Å². The van der Waals surface area contributed by atoms with Gasteiger partial charge in [-0.1, -0.05) is 18.2 Å². The van der Waals surface area contributed by atoms with Crippen molar-refractivity contribution in [2.45, 2.75) is 13.0 Å². The highest BCUT2D eigenvalue weighted by Gasteiger charge is 2.18. The highest BCUT2D eigenvalue weighted by Crippen LogP contribution is 2.28. The third-order valence-electron chi connectivity index (χ3n) is 3.64. The Bertz CT molecular complexity index is 995. The maximum Gasteiger partial charge on any atom is 0.338 e. The molecule has 4 aromatic rings. The highest BCUT2D eigenvalue weighted by molar-refractivity contribution is 7.18. The molecule has 0 unspecified atom stereocenters. The summed E-state index contributed by atoms with van der Waals surface area (Å²) >= 11 is 1.52. The number of carbonyl (C=O) groups excluding carboxylic acids is 1. The first-order valence-electron chi connectivity index (χ1n) is 7.60. The second-order valence-corrected chi connectivity index (χ2v) is 6.43. The minimum atomic E-state index is -0.429. The monoisotopic (exact) mass is 351 g/mol. The van der Waals surface area contributed by atoms with Crippen LogP contribution in [0.1, 0.15) is 28.4 Å². The molecule has 0 bridgehead atoms. The number of nitrogens with zero attached hydrogens (tertiary/aromatic N) is 5. The van der Waals surface area contributed by atoms with E-state index in [-0.39, 0.29) is 0 Å². The number of rotatable bonds is 4. The number of para-hydroxylation sites is 1. The van der Waals surface area contributed by atoms with Crippen LogP contribution in [0.15, 0.2) is 54.9 Å². The molecule has 2 aromatic heterocycles. The average molecular weight is 351 g/mol. The van der Waals surface area contributed by atoms with E-state index in [2.05, 4.69) is 20.5 Å². The molecule has 2 aromatic carbocycles. The second-order valence-electron chi connectivity index (χ2n) is 5.37. The summed E-state index contributed by atoms with van der Waals surface area (Å²) in [6.07, 6.45) is 1.04. The van der Waals surface area contributed by atoms with Crippen molar-refractivity contribution >= 4 is 27.5 Å². The molecule has 4 rings (SSSR count). The molecule has 124 valence electrons. The van der Waals surface area contributed by atoms with E-state index in [4.69, 9.17) is 4.74 Å². The van der Waals surface area contributed by atoms with Gasteiger partial charge < -0.3 is 4.74 Å². The Hall–Kier alpha value is -3.13. The van der Waals surface area contributed by atoms with Gasteiger partial charge in [-0.2, -0.15) is 0 Å². The zero-order valence-corrected chi connectivity index (χ0v) is 14.1. The Morgan fingerprint density at radius 3 is 2.88 bits per heavy atom. The van der Waals surface area contributed by atoms with Crippen molar-refractivity contribution in [3.05, 3.63) is 65.4 Å². The van der Waals surface area contributed by atoms with Gasteiger partial charge in [0.15, 0.2) is 6.10 Å². The third kappa shape index (κ3) is 3.11. The SMILES string of the molecule is C[C@@H](OC(=O)c1cccc(-n2cnnn2)c1)c1nc2ccccc2s1. The zero-order valence-electron chi connectivity index (χ0n) is 13.2. The summed E-state index contributed by atoms with van der Waals surface area (Å²) in [5, 5.41) is 11.8. The number of benzene rings is 2. The summed E-state index contributed by atoms with van der Waals surface area (Å²) in [7, 11) is 0. The fourth-order valence-corrected chi connectivity index (χ4v) is 3.35. The van der Waals surface area contributed by atoms with Crippen LogP contribution < -0.4 is 0 Å². The van der Waals surface area contributed by atoms with Gasteiger partial charge in [-0.15, -0.1) is 16.4 Å². The van der Waals surface area contributed by atoms with Gasteiger partial charge in [-0.3, -0.25) is 0 Å². The van der Waals surface area contributed by atoms with Crippen LogP contribution in [0.5, 0.6) is 0 Å². The molecule has 0 saturated carbocycles. The average Bonchev–Trinajstić information content (AvgIpc) is 3.31. The van der Waals surface area contributed by atoms with Crippen molar-refractivity contribution in [3.8, 4) is 5.69 Å². The van der Waals surface area contributed by atoms with E-state index in [0.29, 0.717) is 11.3 Å². The summed E-state index contributed by atoms with van der Waals surface area (Å²) in [4.78, 5) is 17.0. The zero-order chi connectivity index (χ0) is 17.2. The predicted octanol–water partition coefficient (Wildman–Crippen LogP) is 3.19. The molecule has 25 heavy (non-hydrogen) atoms. The van der Waals surface area contributed by atoms with E-state index in [1.54, 1.807) is 18.2 Å². The van der Waals surface area contributed by atoms with Gasteiger partial charge in [0.1, 0.15) is 11.3 Å². The van der Waals surface area contributed by atoms with Crippen molar-refractivity contribution in [1.29, 1.82) is 0 Å². The van der Waals surface area contributed by atoms with Crippen molar-refractivity contribution in [2.24, 2.45) is 0 Å². The van der Waals surface area contributed by atoms with E-state index in [1.807, 2.05) is 37.3 Å². The maximum atomic E-state index is 12.5. The third-order valence-corrected chi connectivity index (χ3v) is 4.83. The highest BCUT2D eigenvalue weighted by atomic mass is 32.1. The van der Waals surface area contributed by atoms with Gasteiger partial charge in [-0.05, 0) is 47.7 Å². The number of tetrazole rings is 1. The van der Waals surface area contributed by atoms with E-state index in [9.17, 15) is 4.79 Å². The van der Waals surface area contributed by atoms with Crippen LogP contribution in [0.3, 0.4) is 0 Å². The van der Waals surface area contributed by atoms with E-state index < -0.39 is 12.1 Å². The van der Waals surface area contributed by atoms with E-state index >= 15 is 0 Å². The number of esters is 1. The molecular weight excluding hydrogens is 338 g/mol. The van der Waals surface area contributed by atoms with Gasteiger partial charge in [0.05, 0.1) is 21.5 Å². The summed E-state index contributed by atoms with van der Waals surface area (Å²) in [5.74, 6) is -0.415. The number of carbonyl (C=O) groups is 1. The predicted molar refractivity (Wildman–Crippen MR) is 92.6 cm³/mol. The summed E-state index contributed by atoms with van der Waals surface area (Å²) in [6.45, 7) is 1.82. The molecular formula is C17H13N5O2S. The minimum absolute atomic E-state index is 0.415. The molecule has 1 atom stereocenters. The molecule has 0 amide bonds. The van der Waals surface area contributed by atoms with Gasteiger partial charge in [-0.25, -0.2) is 14.5 Å². The molecule has 0 N–H and O–H groups in total. The van der Waals surface area contributed by atoms with Crippen LogP contribution in [0.25, 0.3) is 15.9 Å². The van der Waals surface area contributed by atoms with Crippen LogP contribution >= 0.6 is 11.3 Å². The number of hydrogen-bond acceptors (Lipinski definition) is 7. The Morgan fingerprint density at radius 2 is 2.08 bits per heavy atom. The fraction of sp³-hybridized carbons (Fsp3) is 0.118. The van der Waals surface area contributed by atoms with E-state index in [0.717, 1.165) is 15.2 Å². The lowest BCUT2D eigenvalue weighted by Gasteiger charge is -2.11. The molecule has 0 spiro atoms. The molecule has 2 heterocycles. The van der Waals surface area contributed by atoms with Crippen LogP contribution in [0.4, 0.5) is 0 Å². The Kier molecular flexibility index (Phi) is 3.95. The summed E-state index contributed by atoms with van der Waals surface area (Å²) in [6, 6.07) is 14.8. The van der Waals surface area contributed by atoms with E-state index in [1.165, 1.54) is 22.3 Å². The molecule has 0 aliphatic carbocycles. The van der Waals surface area contributed by atoms with Crippen LogP contribution in [-0.4, -0.2) is 31.2 Å². The topological polar surface area (TPSA) is 82.8 Å². The Morgan fingerprint density at radius 1 is 1.20 bits per heavy atom. The number of thiazole rings is 1. The quantitative estimate of drug-likeness (QED) is 0.525. The van der Waals surface area contributed by atoms with Crippen molar-refractivity contribution < 1.29 is 9.53 Å². The molecule has 0 aliphatic heterocycles. The van der Waals surface area contributed by atoms with Crippen molar-refractivity contribution in [2.75, 3.05) is 0 Å². The molecule has 7 nitrogen and oxygen atoms in total. The summed E-state index contributed by atoms with van der Waals surface area (Å²) < 4.78 is 8.12. The lowest BCUT2D eigenvalue weighted by atomic mass is 10.2. The molecule has 8 heteroatoms.